The van der Waals surface area contributed by atoms with Crippen molar-refractivity contribution in [2.45, 2.75) is 33.4 Å². The van der Waals surface area contributed by atoms with Crippen LogP contribution >= 0.6 is 11.6 Å². The number of hydrogen-bond acceptors (Lipinski definition) is 7. The Balaban J connectivity index is 1.35. The molecule has 2 aliphatic heterocycles. The minimum atomic E-state index is 0.159. The Labute approximate surface area is 179 Å². The van der Waals surface area contributed by atoms with Gasteiger partial charge in [-0.15, -0.1) is 5.10 Å². The maximum absolute atomic E-state index is 6.06. The average molecular weight is 424 g/mol. The number of anilines is 2. The molecule has 2 atom stereocenters. The molecule has 2 unspecified atom stereocenters. The number of fused-ring (bicyclic) bond motifs is 1. The minimum Gasteiger partial charge on any atom is -0.424 e. The number of aryl methyl sites for hydroxylation is 2. The summed E-state index contributed by atoms with van der Waals surface area (Å²) < 4.78 is 7.65. The molecule has 0 radical (unpaired) electrons. The number of hydrogen-bond donors (Lipinski definition) is 1. The van der Waals surface area contributed by atoms with E-state index in [0.717, 1.165) is 18.1 Å². The number of nitrogens with one attached hydrogen (secondary N) is 1. The molecule has 3 aliphatic rings. The smallest absolute Gasteiger partial charge is 0.322 e. The van der Waals surface area contributed by atoms with Gasteiger partial charge in [0.05, 0.1) is 6.04 Å². The Bertz CT molecular complexity index is 1140. The lowest BCUT2D eigenvalue weighted by atomic mass is 9.82. The highest BCUT2D eigenvalue weighted by molar-refractivity contribution is 6.30. The van der Waals surface area contributed by atoms with Crippen molar-refractivity contribution in [3.8, 4) is 11.8 Å². The molecule has 3 aromatic rings. The summed E-state index contributed by atoms with van der Waals surface area (Å²) in [6.45, 7) is 7.70. The summed E-state index contributed by atoms with van der Waals surface area (Å²) in [6, 6.07) is 9.85. The number of halogens is 1. The third-order valence-corrected chi connectivity index (χ3v) is 5.86. The highest BCUT2D eigenvalue weighted by atomic mass is 35.5. The van der Waals surface area contributed by atoms with Crippen molar-refractivity contribution in [3.63, 3.8) is 0 Å². The van der Waals surface area contributed by atoms with Crippen molar-refractivity contribution < 1.29 is 4.74 Å². The molecule has 9 heteroatoms. The summed E-state index contributed by atoms with van der Waals surface area (Å²) in [7, 11) is 0. The van der Waals surface area contributed by atoms with Crippen LogP contribution in [0, 0.1) is 12.8 Å². The fourth-order valence-electron chi connectivity index (χ4n) is 4.12. The van der Waals surface area contributed by atoms with Gasteiger partial charge in [-0.25, -0.2) is 14.6 Å². The van der Waals surface area contributed by atoms with Crippen LogP contribution in [0.3, 0.4) is 0 Å². The maximum atomic E-state index is 6.06. The van der Waals surface area contributed by atoms with Crippen molar-refractivity contribution in [1.82, 2.24) is 24.7 Å². The van der Waals surface area contributed by atoms with Crippen molar-refractivity contribution in [1.29, 1.82) is 0 Å². The Morgan fingerprint density at radius 3 is 2.87 bits per heavy atom. The van der Waals surface area contributed by atoms with E-state index in [4.69, 9.17) is 16.3 Å². The van der Waals surface area contributed by atoms with E-state index in [2.05, 4.69) is 37.2 Å². The van der Waals surface area contributed by atoms with Crippen LogP contribution in [0.2, 0.25) is 5.02 Å². The third kappa shape index (κ3) is 3.17. The second kappa shape index (κ2) is 7.28. The third-order valence-electron chi connectivity index (χ3n) is 5.62. The zero-order valence-electron chi connectivity index (χ0n) is 17.0. The first kappa shape index (κ1) is 18.9. The van der Waals surface area contributed by atoms with Gasteiger partial charge in [-0.2, -0.15) is 4.98 Å². The largest absolute Gasteiger partial charge is 0.424 e. The highest BCUT2D eigenvalue weighted by Gasteiger charge is 2.50. The minimum absolute atomic E-state index is 0.159. The van der Waals surface area contributed by atoms with Gasteiger partial charge in [0.2, 0.25) is 5.95 Å². The van der Waals surface area contributed by atoms with E-state index in [9.17, 15) is 0 Å². The second-order valence-corrected chi connectivity index (χ2v) is 7.95. The summed E-state index contributed by atoms with van der Waals surface area (Å²) in [4.78, 5) is 15.5. The van der Waals surface area contributed by atoms with Gasteiger partial charge in [0.15, 0.2) is 0 Å². The van der Waals surface area contributed by atoms with Crippen LogP contribution in [-0.2, 0) is 6.54 Å². The molecule has 0 spiro atoms. The summed E-state index contributed by atoms with van der Waals surface area (Å²) in [5.41, 5.74) is 3.58. The maximum Gasteiger partial charge on any atom is 0.322 e. The Kier molecular flexibility index (Phi) is 4.58. The van der Waals surface area contributed by atoms with E-state index in [1.54, 1.807) is 23.1 Å². The second-order valence-electron chi connectivity index (χ2n) is 7.52. The SMILES string of the molecule is CCn1nc(NC2C3=C(C)C2CN3c2cc(C)ncn2)nc1Oc1cccc(Cl)c1. The van der Waals surface area contributed by atoms with Crippen LogP contribution in [0.5, 0.6) is 11.8 Å². The molecule has 1 fully saturated rings. The molecule has 4 heterocycles. The topological polar surface area (TPSA) is 81.0 Å². The van der Waals surface area contributed by atoms with Crippen LogP contribution in [0.25, 0.3) is 0 Å². The molecular formula is C21H22ClN7O. The van der Waals surface area contributed by atoms with E-state index in [-0.39, 0.29) is 6.04 Å². The first-order chi connectivity index (χ1) is 14.5. The van der Waals surface area contributed by atoms with Crippen molar-refractivity contribution >= 4 is 23.4 Å². The molecule has 2 bridgehead atoms. The number of rotatable bonds is 6. The Hall–Kier alpha value is -3.13. The fraction of sp³-hybridized carbons (Fsp3) is 0.333. The van der Waals surface area contributed by atoms with Crippen molar-refractivity contribution in [2.75, 3.05) is 16.8 Å². The normalized spacial score (nSPS) is 19.8. The molecule has 0 saturated carbocycles. The fourth-order valence-corrected chi connectivity index (χ4v) is 4.30. The molecule has 30 heavy (non-hydrogen) atoms. The number of aromatic nitrogens is 5. The summed E-state index contributed by atoms with van der Waals surface area (Å²) in [6.07, 6.45) is 1.61. The predicted molar refractivity (Wildman–Crippen MR) is 115 cm³/mol. The van der Waals surface area contributed by atoms with Gasteiger partial charge in [0.1, 0.15) is 17.9 Å². The lowest BCUT2D eigenvalue weighted by Crippen LogP contribution is -2.37. The quantitative estimate of drug-likeness (QED) is 0.640. The number of benzene rings is 1. The van der Waals surface area contributed by atoms with E-state index in [1.165, 1.54) is 11.3 Å². The van der Waals surface area contributed by atoms with Crippen molar-refractivity contribution in [3.05, 3.63) is 58.6 Å². The molecule has 1 aromatic carbocycles. The summed E-state index contributed by atoms with van der Waals surface area (Å²) in [5.74, 6) is 2.51. The lowest BCUT2D eigenvalue weighted by molar-refractivity contribution is 0.402. The number of nitrogens with zero attached hydrogens (tertiary/aromatic N) is 6. The number of ether oxygens (including phenoxy) is 1. The molecule has 1 saturated heterocycles. The molecule has 1 N–H and O–H groups in total. The van der Waals surface area contributed by atoms with Gasteiger partial charge in [0.25, 0.3) is 0 Å². The summed E-state index contributed by atoms with van der Waals surface area (Å²) >= 11 is 6.06. The van der Waals surface area contributed by atoms with E-state index >= 15 is 0 Å². The van der Waals surface area contributed by atoms with Gasteiger partial charge in [-0.1, -0.05) is 17.7 Å². The first-order valence-electron chi connectivity index (χ1n) is 9.95. The van der Waals surface area contributed by atoms with Gasteiger partial charge in [-0.05, 0) is 44.5 Å². The monoisotopic (exact) mass is 423 g/mol. The van der Waals surface area contributed by atoms with Crippen LogP contribution < -0.4 is 15.0 Å². The van der Waals surface area contributed by atoms with Gasteiger partial charge in [-0.3, -0.25) is 0 Å². The van der Waals surface area contributed by atoms with Crippen LogP contribution in [0.15, 0.2) is 47.9 Å². The molecule has 2 aromatic heterocycles. The predicted octanol–water partition coefficient (Wildman–Crippen LogP) is 4.05. The molecule has 8 nitrogen and oxygen atoms in total. The van der Waals surface area contributed by atoms with Gasteiger partial charge in [0, 0.05) is 41.5 Å². The van der Waals surface area contributed by atoms with E-state index < -0.39 is 0 Å². The highest BCUT2D eigenvalue weighted by Crippen LogP contribution is 2.47. The molecular weight excluding hydrogens is 402 g/mol. The lowest BCUT2D eigenvalue weighted by Gasteiger charge is -2.32. The summed E-state index contributed by atoms with van der Waals surface area (Å²) in [5, 5.41) is 8.67. The first-order valence-corrected chi connectivity index (χ1v) is 10.3. The van der Waals surface area contributed by atoms with E-state index in [0.29, 0.717) is 35.2 Å². The van der Waals surface area contributed by atoms with Crippen LogP contribution in [0.1, 0.15) is 19.5 Å². The average Bonchev–Trinajstić information content (AvgIpc) is 3.40. The van der Waals surface area contributed by atoms with Crippen molar-refractivity contribution in [2.24, 2.45) is 5.92 Å². The zero-order valence-corrected chi connectivity index (χ0v) is 17.8. The Morgan fingerprint density at radius 2 is 2.10 bits per heavy atom. The van der Waals surface area contributed by atoms with Gasteiger partial charge >= 0.3 is 6.01 Å². The van der Waals surface area contributed by atoms with Crippen LogP contribution in [-0.4, -0.2) is 37.3 Å². The zero-order chi connectivity index (χ0) is 20.8. The molecule has 6 rings (SSSR count). The van der Waals surface area contributed by atoms with Crippen LogP contribution in [0.4, 0.5) is 11.8 Å². The standard InChI is InChI=1S/C21H22ClN7O/c1-4-29-21(30-15-7-5-6-14(22)9-15)26-20(27-29)25-18-16-10-28(19(18)13(16)3)17-8-12(2)23-11-24-17/h5-9,11,16,18H,4,10H2,1-3H3,(H,25,27). The van der Waals surface area contributed by atoms with E-state index in [1.807, 2.05) is 32.0 Å². The molecule has 1 aliphatic carbocycles. The molecule has 0 amide bonds. The molecule has 154 valence electrons. The van der Waals surface area contributed by atoms with Gasteiger partial charge < -0.3 is 15.0 Å². The Morgan fingerprint density at radius 1 is 1.23 bits per heavy atom.